The summed E-state index contributed by atoms with van der Waals surface area (Å²) >= 11 is 1.54. The van der Waals surface area contributed by atoms with Crippen molar-refractivity contribution in [2.45, 2.75) is 49.8 Å². The Morgan fingerprint density at radius 1 is 1.07 bits per heavy atom. The van der Waals surface area contributed by atoms with E-state index in [1.807, 2.05) is 72.8 Å². The van der Waals surface area contributed by atoms with Crippen LogP contribution in [0.25, 0.3) is 11.1 Å². The van der Waals surface area contributed by atoms with Crippen molar-refractivity contribution >= 4 is 35.2 Å². The van der Waals surface area contributed by atoms with Crippen molar-refractivity contribution in [3.05, 3.63) is 102 Å². The standard InChI is InChI=1S/C32H34N6O3S/c1-32(2,33)31(41)37-26-19-42-28-10-6-5-9-27(28)38(30(26)40)18-21-11-13-22(14-12-21)25-8-4-3-7-23(25)16-35-29(39)15-24-17-34-20-36-24/h3-14,17,20,26H,15-16,18-19,33H2,1-2H3,(H,34,36)(H,35,39)(H,37,41)/t26-/m1/s1. The van der Waals surface area contributed by atoms with Crippen LogP contribution in [0.2, 0.25) is 0 Å². The Morgan fingerprint density at radius 3 is 2.55 bits per heavy atom. The maximum absolute atomic E-state index is 13.8. The van der Waals surface area contributed by atoms with Gasteiger partial charge in [0.25, 0.3) is 5.91 Å². The van der Waals surface area contributed by atoms with Gasteiger partial charge in [-0.25, -0.2) is 4.98 Å². The molecule has 0 aliphatic carbocycles. The third-order valence-corrected chi connectivity index (χ3v) is 8.17. The molecule has 1 atom stereocenters. The van der Waals surface area contributed by atoms with Gasteiger partial charge in [-0.1, -0.05) is 60.7 Å². The summed E-state index contributed by atoms with van der Waals surface area (Å²) in [4.78, 5) is 48.5. The number of carbonyl (C=O) groups is 3. The van der Waals surface area contributed by atoms with Crippen molar-refractivity contribution < 1.29 is 14.4 Å². The number of thioether (sulfide) groups is 1. The topological polar surface area (TPSA) is 133 Å². The molecule has 1 aliphatic rings. The first kappa shape index (κ1) is 29.1. The van der Waals surface area contributed by atoms with E-state index in [-0.39, 0.29) is 24.1 Å². The van der Waals surface area contributed by atoms with Crippen LogP contribution in [-0.2, 0) is 33.9 Å². The number of nitrogens with one attached hydrogen (secondary N) is 3. The van der Waals surface area contributed by atoms with Crippen LogP contribution in [0.4, 0.5) is 5.69 Å². The number of hydrogen-bond acceptors (Lipinski definition) is 6. The van der Waals surface area contributed by atoms with Gasteiger partial charge in [-0.15, -0.1) is 11.8 Å². The Kier molecular flexibility index (Phi) is 8.75. The molecule has 0 radical (unpaired) electrons. The molecule has 9 nitrogen and oxygen atoms in total. The SMILES string of the molecule is CC(C)(N)C(=O)N[C@@H]1CSc2ccccc2N(Cc2ccc(-c3ccccc3CNC(=O)Cc3c[nH]cn3)cc2)C1=O. The summed E-state index contributed by atoms with van der Waals surface area (Å²) < 4.78 is 0. The van der Waals surface area contributed by atoms with Crippen LogP contribution in [0.1, 0.15) is 30.7 Å². The van der Waals surface area contributed by atoms with Crippen molar-refractivity contribution in [2.75, 3.05) is 10.7 Å². The molecule has 3 aromatic carbocycles. The molecule has 0 fully saturated rings. The Labute approximate surface area is 249 Å². The van der Waals surface area contributed by atoms with Crippen molar-refractivity contribution in [2.24, 2.45) is 5.73 Å². The number of fused-ring (bicyclic) bond motifs is 1. The van der Waals surface area contributed by atoms with E-state index in [0.717, 1.165) is 32.8 Å². The Balaban J connectivity index is 1.32. The maximum atomic E-state index is 13.8. The largest absolute Gasteiger partial charge is 0.352 e. The van der Waals surface area contributed by atoms with Crippen molar-refractivity contribution in [1.82, 2.24) is 20.6 Å². The lowest BCUT2D eigenvalue weighted by atomic mass is 9.98. The zero-order valence-electron chi connectivity index (χ0n) is 23.6. The molecule has 42 heavy (non-hydrogen) atoms. The van der Waals surface area contributed by atoms with E-state index in [0.29, 0.717) is 24.5 Å². The molecule has 4 aromatic rings. The molecule has 0 saturated carbocycles. The molecule has 5 N–H and O–H groups in total. The van der Waals surface area contributed by atoms with Crippen LogP contribution >= 0.6 is 11.8 Å². The fraction of sp³-hybridized carbons (Fsp3) is 0.250. The number of H-pyrrole nitrogens is 1. The second-order valence-corrected chi connectivity index (χ2v) is 11.9. The smallest absolute Gasteiger partial charge is 0.250 e. The molecule has 2 heterocycles. The summed E-state index contributed by atoms with van der Waals surface area (Å²) in [6.45, 7) is 3.99. The highest BCUT2D eigenvalue weighted by Gasteiger charge is 2.34. The predicted octanol–water partition coefficient (Wildman–Crippen LogP) is 3.80. The van der Waals surface area contributed by atoms with Crippen LogP contribution < -0.4 is 21.3 Å². The second kappa shape index (κ2) is 12.6. The lowest BCUT2D eigenvalue weighted by Crippen LogP contribution is -2.56. The monoisotopic (exact) mass is 582 g/mol. The summed E-state index contributed by atoms with van der Waals surface area (Å²) in [5.41, 5.74) is 10.4. The minimum absolute atomic E-state index is 0.0997. The van der Waals surface area contributed by atoms with Gasteiger partial charge in [-0.2, -0.15) is 0 Å². The molecule has 1 aliphatic heterocycles. The Bertz CT molecular complexity index is 1560. The number of para-hydroxylation sites is 1. The number of nitrogens with two attached hydrogens (primary N) is 1. The average Bonchev–Trinajstić information content (AvgIpc) is 3.45. The normalized spacial score (nSPS) is 15.1. The van der Waals surface area contributed by atoms with Crippen LogP contribution in [-0.4, -0.2) is 45.0 Å². The van der Waals surface area contributed by atoms with Gasteiger partial charge in [0.15, 0.2) is 0 Å². The van der Waals surface area contributed by atoms with E-state index in [4.69, 9.17) is 5.73 Å². The molecule has 0 saturated heterocycles. The zero-order valence-corrected chi connectivity index (χ0v) is 24.4. The van der Waals surface area contributed by atoms with Gasteiger partial charge in [0.1, 0.15) is 6.04 Å². The first-order chi connectivity index (χ1) is 20.2. The van der Waals surface area contributed by atoms with Gasteiger partial charge >= 0.3 is 0 Å². The fourth-order valence-corrected chi connectivity index (χ4v) is 5.77. The summed E-state index contributed by atoms with van der Waals surface area (Å²) in [5, 5.41) is 5.84. The van der Waals surface area contributed by atoms with Gasteiger partial charge in [-0.05, 0) is 48.2 Å². The lowest BCUT2D eigenvalue weighted by molar-refractivity contribution is -0.129. The van der Waals surface area contributed by atoms with Gasteiger partial charge in [0, 0.05) is 23.4 Å². The van der Waals surface area contributed by atoms with Crippen molar-refractivity contribution in [3.8, 4) is 11.1 Å². The number of nitrogens with zero attached hydrogens (tertiary/aromatic N) is 2. The quantitative estimate of drug-likeness (QED) is 0.237. The number of imidazole rings is 1. The number of carbonyl (C=O) groups excluding carboxylic acids is 3. The molecule has 1 aromatic heterocycles. The average molecular weight is 583 g/mol. The fourth-order valence-electron chi connectivity index (χ4n) is 4.70. The minimum Gasteiger partial charge on any atom is -0.352 e. The van der Waals surface area contributed by atoms with E-state index in [9.17, 15) is 14.4 Å². The molecule has 5 rings (SSSR count). The maximum Gasteiger partial charge on any atom is 0.250 e. The minimum atomic E-state index is -1.09. The number of aromatic amines is 1. The number of rotatable bonds is 9. The summed E-state index contributed by atoms with van der Waals surface area (Å²) in [7, 11) is 0. The summed E-state index contributed by atoms with van der Waals surface area (Å²) in [6, 6.07) is 23.1. The highest BCUT2D eigenvalue weighted by Crippen LogP contribution is 2.35. The van der Waals surface area contributed by atoms with Crippen molar-refractivity contribution in [3.63, 3.8) is 0 Å². The number of anilines is 1. The van der Waals surface area contributed by atoms with E-state index >= 15 is 0 Å². The highest BCUT2D eigenvalue weighted by atomic mass is 32.2. The third kappa shape index (κ3) is 6.89. The molecular formula is C32H34N6O3S. The summed E-state index contributed by atoms with van der Waals surface area (Å²) in [6.07, 6.45) is 3.48. The molecule has 0 spiro atoms. The molecule has 3 amide bonds. The van der Waals surface area contributed by atoms with E-state index in [1.165, 1.54) is 0 Å². The molecule has 10 heteroatoms. The molecular weight excluding hydrogens is 548 g/mol. The Morgan fingerprint density at radius 2 is 1.81 bits per heavy atom. The molecule has 0 unspecified atom stereocenters. The van der Waals surface area contributed by atoms with E-state index in [2.05, 4.69) is 20.6 Å². The number of amides is 3. The summed E-state index contributed by atoms with van der Waals surface area (Å²) in [5.74, 6) is -0.225. The molecule has 0 bridgehead atoms. The van der Waals surface area contributed by atoms with Gasteiger partial charge in [0.2, 0.25) is 11.8 Å². The number of aromatic nitrogens is 2. The van der Waals surface area contributed by atoms with Gasteiger partial charge in [-0.3, -0.25) is 14.4 Å². The Hall–Kier alpha value is -4.41. The predicted molar refractivity (Wildman–Crippen MR) is 165 cm³/mol. The first-order valence-corrected chi connectivity index (χ1v) is 14.7. The highest BCUT2D eigenvalue weighted by molar-refractivity contribution is 7.99. The van der Waals surface area contributed by atoms with Crippen molar-refractivity contribution in [1.29, 1.82) is 0 Å². The van der Waals surface area contributed by atoms with Gasteiger partial charge < -0.3 is 26.3 Å². The second-order valence-electron chi connectivity index (χ2n) is 10.8. The van der Waals surface area contributed by atoms with E-state index in [1.54, 1.807) is 43.0 Å². The van der Waals surface area contributed by atoms with Crippen LogP contribution in [0.15, 0.2) is 90.2 Å². The number of benzene rings is 3. The third-order valence-electron chi connectivity index (χ3n) is 7.01. The van der Waals surface area contributed by atoms with Crippen LogP contribution in [0.5, 0.6) is 0 Å². The first-order valence-electron chi connectivity index (χ1n) is 13.7. The van der Waals surface area contributed by atoms with E-state index < -0.39 is 11.6 Å². The van der Waals surface area contributed by atoms with Gasteiger partial charge in [0.05, 0.1) is 36.2 Å². The lowest BCUT2D eigenvalue weighted by Gasteiger charge is -2.28. The zero-order chi connectivity index (χ0) is 29.7. The van der Waals surface area contributed by atoms with Crippen LogP contribution in [0, 0.1) is 0 Å². The molecule has 216 valence electrons. The van der Waals surface area contributed by atoms with Crippen LogP contribution in [0.3, 0.4) is 0 Å². The number of hydrogen-bond donors (Lipinski definition) is 4.